The number of halogens is 1. The topological polar surface area (TPSA) is 49.4 Å². The molecule has 0 fully saturated rings. The third-order valence-electron chi connectivity index (χ3n) is 2.59. The first-order valence-electron chi connectivity index (χ1n) is 5.86. The quantitative estimate of drug-likeness (QED) is 0.876. The van der Waals surface area contributed by atoms with Crippen molar-refractivity contribution >= 4 is 50.4 Å². The molecule has 0 aliphatic carbocycles. The molecule has 0 saturated carbocycles. The lowest BCUT2D eigenvalue weighted by atomic mass is 10.4. The first-order chi connectivity index (χ1) is 9.56. The zero-order valence-electron chi connectivity index (χ0n) is 10.8. The van der Waals surface area contributed by atoms with Gasteiger partial charge < -0.3 is 10.2 Å². The standard InChI is InChI=1S/C13H13BrN2O2S2/c1-16(8-9-4-5-11(14)20-9)12(17)7-15-13(18)10-3-2-6-19-10/h2-6H,7-8H2,1H3,(H,15,18). The predicted molar refractivity (Wildman–Crippen MR) is 85.1 cm³/mol. The molecule has 0 radical (unpaired) electrons. The second-order valence-corrected chi connectivity index (χ2v) is 7.61. The number of carbonyl (C=O) groups excluding carboxylic acids is 2. The van der Waals surface area contributed by atoms with E-state index in [0.717, 1.165) is 8.66 Å². The normalized spacial score (nSPS) is 10.3. The lowest BCUT2D eigenvalue weighted by molar-refractivity contribution is -0.129. The number of hydrogen-bond acceptors (Lipinski definition) is 4. The van der Waals surface area contributed by atoms with Crippen LogP contribution in [0, 0.1) is 0 Å². The van der Waals surface area contributed by atoms with E-state index in [2.05, 4.69) is 21.2 Å². The fourth-order valence-electron chi connectivity index (χ4n) is 1.54. The Morgan fingerprint density at radius 2 is 2.15 bits per heavy atom. The Balaban J connectivity index is 1.81. The molecule has 0 bridgehead atoms. The monoisotopic (exact) mass is 372 g/mol. The van der Waals surface area contributed by atoms with Crippen LogP contribution in [0.15, 0.2) is 33.4 Å². The summed E-state index contributed by atoms with van der Waals surface area (Å²) in [6.45, 7) is 0.559. The number of thiophene rings is 2. The number of carbonyl (C=O) groups is 2. The number of likely N-dealkylation sites (N-methyl/N-ethyl adjacent to an activating group) is 1. The molecule has 2 heterocycles. The van der Waals surface area contributed by atoms with E-state index in [9.17, 15) is 9.59 Å². The Bertz CT molecular complexity index is 595. The second-order valence-electron chi connectivity index (χ2n) is 4.12. The molecule has 1 N–H and O–H groups in total. The molecule has 2 rings (SSSR count). The van der Waals surface area contributed by atoms with E-state index in [1.165, 1.54) is 11.3 Å². The van der Waals surface area contributed by atoms with Gasteiger partial charge in [0.15, 0.2) is 0 Å². The number of nitrogens with zero attached hydrogens (tertiary/aromatic N) is 1. The van der Waals surface area contributed by atoms with Crippen LogP contribution >= 0.6 is 38.6 Å². The van der Waals surface area contributed by atoms with Gasteiger partial charge in [0, 0.05) is 11.9 Å². The van der Waals surface area contributed by atoms with Gasteiger partial charge in [0.1, 0.15) is 0 Å². The molecule has 2 amide bonds. The molecule has 7 heteroatoms. The Kier molecular flexibility index (Phi) is 5.33. The molecule has 0 unspecified atom stereocenters. The van der Waals surface area contributed by atoms with Crippen LogP contribution in [0.25, 0.3) is 0 Å². The summed E-state index contributed by atoms with van der Waals surface area (Å²) >= 11 is 6.34. The van der Waals surface area contributed by atoms with E-state index >= 15 is 0 Å². The molecule has 0 aliphatic heterocycles. The number of rotatable bonds is 5. The van der Waals surface area contributed by atoms with E-state index in [-0.39, 0.29) is 18.4 Å². The predicted octanol–water partition coefficient (Wildman–Crippen LogP) is 2.96. The lowest BCUT2D eigenvalue weighted by Gasteiger charge is -2.16. The van der Waals surface area contributed by atoms with Crippen molar-refractivity contribution in [1.29, 1.82) is 0 Å². The molecule has 0 saturated heterocycles. The zero-order valence-corrected chi connectivity index (χ0v) is 14.0. The number of hydrogen-bond donors (Lipinski definition) is 1. The van der Waals surface area contributed by atoms with Crippen molar-refractivity contribution in [2.45, 2.75) is 6.54 Å². The summed E-state index contributed by atoms with van der Waals surface area (Å²) in [7, 11) is 1.73. The molecule has 2 aromatic heterocycles. The second kappa shape index (κ2) is 7.01. The fourth-order valence-corrected chi connectivity index (χ4v) is 3.72. The Morgan fingerprint density at radius 1 is 1.35 bits per heavy atom. The molecule has 20 heavy (non-hydrogen) atoms. The minimum atomic E-state index is -0.208. The summed E-state index contributed by atoms with van der Waals surface area (Å²) in [6.07, 6.45) is 0. The molecular formula is C13H13BrN2O2S2. The van der Waals surface area contributed by atoms with Gasteiger partial charge in [-0.1, -0.05) is 6.07 Å². The van der Waals surface area contributed by atoms with Crippen LogP contribution < -0.4 is 5.32 Å². The maximum absolute atomic E-state index is 11.9. The van der Waals surface area contributed by atoms with Gasteiger partial charge in [-0.25, -0.2) is 0 Å². The summed E-state index contributed by atoms with van der Waals surface area (Å²) in [5.41, 5.74) is 0. The van der Waals surface area contributed by atoms with E-state index in [0.29, 0.717) is 11.4 Å². The molecular weight excluding hydrogens is 360 g/mol. The van der Waals surface area contributed by atoms with Crippen LogP contribution in [0.5, 0.6) is 0 Å². The molecule has 0 atom stereocenters. The Labute approximate surface area is 133 Å². The van der Waals surface area contributed by atoms with Crippen LogP contribution in [0.1, 0.15) is 14.5 Å². The molecule has 0 aromatic carbocycles. The third kappa shape index (κ3) is 4.16. The maximum atomic E-state index is 11.9. The van der Waals surface area contributed by atoms with Gasteiger partial charge >= 0.3 is 0 Å². The average Bonchev–Trinajstić information content (AvgIpc) is 3.07. The highest BCUT2D eigenvalue weighted by atomic mass is 79.9. The van der Waals surface area contributed by atoms with Crippen molar-refractivity contribution in [3.05, 3.63) is 43.2 Å². The van der Waals surface area contributed by atoms with Crippen LogP contribution in [0.3, 0.4) is 0 Å². The van der Waals surface area contributed by atoms with Crippen molar-refractivity contribution in [2.75, 3.05) is 13.6 Å². The van der Waals surface area contributed by atoms with Gasteiger partial charge in [-0.15, -0.1) is 22.7 Å². The van der Waals surface area contributed by atoms with Gasteiger partial charge in [0.2, 0.25) is 5.91 Å². The van der Waals surface area contributed by atoms with Gasteiger partial charge in [-0.2, -0.15) is 0 Å². The van der Waals surface area contributed by atoms with E-state index in [1.54, 1.807) is 29.4 Å². The Morgan fingerprint density at radius 3 is 2.75 bits per heavy atom. The summed E-state index contributed by atoms with van der Waals surface area (Å²) in [5, 5.41) is 4.46. The molecule has 0 aliphatic rings. The van der Waals surface area contributed by atoms with Crippen molar-refractivity contribution < 1.29 is 9.59 Å². The highest BCUT2D eigenvalue weighted by Crippen LogP contribution is 2.22. The van der Waals surface area contributed by atoms with Gasteiger partial charge in [-0.05, 0) is 39.5 Å². The van der Waals surface area contributed by atoms with E-state index in [4.69, 9.17) is 0 Å². The van der Waals surface area contributed by atoms with Crippen molar-refractivity contribution in [3.63, 3.8) is 0 Å². The molecule has 2 aromatic rings. The fraction of sp³-hybridized carbons (Fsp3) is 0.231. The first-order valence-corrected chi connectivity index (χ1v) is 8.35. The smallest absolute Gasteiger partial charge is 0.261 e. The third-order valence-corrected chi connectivity index (χ3v) is 5.07. The average molecular weight is 373 g/mol. The van der Waals surface area contributed by atoms with Gasteiger partial charge in [-0.3, -0.25) is 9.59 Å². The Hall–Kier alpha value is -1.18. The zero-order chi connectivity index (χ0) is 14.5. The van der Waals surface area contributed by atoms with Crippen LogP contribution in [-0.4, -0.2) is 30.3 Å². The van der Waals surface area contributed by atoms with Crippen LogP contribution in [0.4, 0.5) is 0 Å². The number of amides is 2. The van der Waals surface area contributed by atoms with Gasteiger partial charge in [0.05, 0.1) is 21.8 Å². The summed E-state index contributed by atoms with van der Waals surface area (Å²) in [4.78, 5) is 27.0. The van der Waals surface area contributed by atoms with Gasteiger partial charge in [0.25, 0.3) is 5.91 Å². The van der Waals surface area contributed by atoms with Crippen molar-refractivity contribution in [2.24, 2.45) is 0 Å². The first kappa shape index (κ1) is 15.2. The van der Waals surface area contributed by atoms with Crippen LogP contribution in [0.2, 0.25) is 0 Å². The SMILES string of the molecule is CN(Cc1ccc(Br)s1)C(=O)CNC(=O)c1cccs1. The largest absolute Gasteiger partial charge is 0.342 e. The highest BCUT2D eigenvalue weighted by Gasteiger charge is 2.13. The van der Waals surface area contributed by atoms with Crippen molar-refractivity contribution in [3.8, 4) is 0 Å². The maximum Gasteiger partial charge on any atom is 0.261 e. The van der Waals surface area contributed by atoms with Crippen LogP contribution in [-0.2, 0) is 11.3 Å². The minimum absolute atomic E-state index is 0.0137. The summed E-state index contributed by atoms with van der Waals surface area (Å²) < 4.78 is 1.04. The molecule has 106 valence electrons. The number of nitrogens with one attached hydrogen (secondary N) is 1. The molecule has 4 nitrogen and oxygen atoms in total. The lowest BCUT2D eigenvalue weighted by Crippen LogP contribution is -2.37. The highest BCUT2D eigenvalue weighted by molar-refractivity contribution is 9.11. The summed E-state index contributed by atoms with van der Waals surface area (Å²) in [6, 6.07) is 7.47. The van der Waals surface area contributed by atoms with E-state index in [1.807, 2.05) is 23.6 Å². The van der Waals surface area contributed by atoms with Crippen molar-refractivity contribution in [1.82, 2.24) is 10.2 Å². The molecule has 0 spiro atoms. The minimum Gasteiger partial charge on any atom is -0.342 e. The summed E-state index contributed by atoms with van der Waals surface area (Å²) in [5.74, 6) is -0.319. The van der Waals surface area contributed by atoms with E-state index < -0.39 is 0 Å².